The van der Waals surface area contributed by atoms with E-state index in [1.54, 1.807) is 18.0 Å². The third-order valence-electron chi connectivity index (χ3n) is 3.07. The van der Waals surface area contributed by atoms with Gasteiger partial charge in [0.25, 0.3) is 0 Å². The van der Waals surface area contributed by atoms with Gasteiger partial charge in [-0.15, -0.1) is 11.8 Å². The first kappa shape index (κ1) is 13.8. The molecule has 0 atom stereocenters. The zero-order valence-corrected chi connectivity index (χ0v) is 12.5. The van der Waals surface area contributed by atoms with E-state index in [-0.39, 0.29) is 0 Å². The molecule has 0 aromatic carbocycles. The Morgan fingerprint density at radius 1 is 0.905 bits per heavy atom. The molecule has 0 radical (unpaired) electrons. The van der Waals surface area contributed by atoms with Gasteiger partial charge in [-0.05, 0) is 30.0 Å². The molecule has 0 bridgehead atoms. The molecule has 0 amide bonds. The van der Waals surface area contributed by atoms with Crippen molar-refractivity contribution in [1.82, 2.24) is 15.0 Å². The lowest BCUT2D eigenvalue weighted by molar-refractivity contribution is 1.19. The molecule has 4 heteroatoms. The summed E-state index contributed by atoms with van der Waals surface area (Å²) in [6, 6.07) is 12.1. The van der Waals surface area contributed by atoms with Gasteiger partial charge in [-0.25, -0.2) is 0 Å². The molecule has 3 nitrogen and oxygen atoms in total. The van der Waals surface area contributed by atoms with Crippen LogP contribution >= 0.6 is 11.8 Å². The van der Waals surface area contributed by atoms with E-state index in [1.165, 1.54) is 4.90 Å². The van der Waals surface area contributed by atoms with Crippen LogP contribution in [0.2, 0.25) is 0 Å². The summed E-state index contributed by atoms with van der Waals surface area (Å²) in [5, 5.41) is 0. The lowest BCUT2D eigenvalue weighted by atomic mass is 10.1. The minimum absolute atomic E-state index is 0.902. The molecule has 0 N–H and O–H groups in total. The summed E-state index contributed by atoms with van der Waals surface area (Å²) in [5.41, 5.74) is 3.98. The van der Waals surface area contributed by atoms with Crippen LogP contribution in [0.1, 0.15) is 6.92 Å². The Morgan fingerprint density at radius 3 is 2.48 bits per heavy atom. The lowest BCUT2D eigenvalue weighted by Crippen LogP contribution is -1.91. The van der Waals surface area contributed by atoms with E-state index >= 15 is 0 Å². The van der Waals surface area contributed by atoms with E-state index in [9.17, 15) is 0 Å². The minimum Gasteiger partial charge on any atom is -0.264 e. The van der Waals surface area contributed by atoms with E-state index in [1.807, 2.05) is 42.9 Å². The molecule has 3 heterocycles. The lowest BCUT2D eigenvalue weighted by Gasteiger charge is -2.07. The summed E-state index contributed by atoms with van der Waals surface area (Å²) in [4.78, 5) is 14.3. The summed E-state index contributed by atoms with van der Waals surface area (Å²) in [5.74, 6) is 1.02. The van der Waals surface area contributed by atoms with Crippen molar-refractivity contribution in [3.05, 3.63) is 61.2 Å². The summed E-state index contributed by atoms with van der Waals surface area (Å²) in [6.45, 7) is 2.14. The number of pyridine rings is 3. The number of nitrogens with zero attached hydrogens (tertiary/aromatic N) is 3. The Labute approximate surface area is 128 Å². The monoisotopic (exact) mass is 293 g/mol. The van der Waals surface area contributed by atoms with E-state index in [2.05, 4.69) is 34.0 Å². The van der Waals surface area contributed by atoms with Crippen LogP contribution in [0.4, 0.5) is 0 Å². The summed E-state index contributed by atoms with van der Waals surface area (Å²) < 4.78 is 0. The molecule has 0 fully saturated rings. The van der Waals surface area contributed by atoms with Crippen molar-refractivity contribution < 1.29 is 0 Å². The SMILES string of the molecule is CCSc1cccnc1-c1ccc(-c2cccnc2)cn1. The van der Waals surface area contributed by atoms with Crippen LogP contribution in [0.5, 0.6) is 0 Å². The fourth-order valence-corrected chi connectivity index (χ4v) is 2.87. The van der Waals surface area contributed by atoms with Crippen LogP contribution in [0.15, 0.2) is 66.1 Å². The summed E-state index contributed by atoms with van der Waals surface area (Å²) in [6.07, 6.45) is 7.30. The number of rotatable bonds is 4. The van der Waals surface area contributed by atoms with Crippen LogP contribution in [0, 0.1) is 0 Å². The van der Waals surface area contributed by atoms with Crippen molar-refractivity contribution in [1.29, 1.82) is 0 Å². The van der Waals surface area contributed by atoms with Crippen LogP contribution in [-0.4, -0.2) is 20.7 Å². The fraction of sp³-hybridized carbons (Fsp3) is 0.118. The van der Waals surface area contributed by atoms with Gasteiger partial charge in [0.15, 0.2) is 0 Å². The number of hydrogen-bond donors (Lipinski definition) is 0. The predicted octanol–water partition coefficient (Wildman–Crippen LogP) is 4.32. The molecule has 3 aromatic heterocycles. The van der Waals surface area contributed by atoms with Crippen LogP contribution in [0.3, 0.4) is 0 Å². The zero-order valence-electron chi connectivity index (χ0n) is 11.7. The van der Waals surface area contributed by atoms with Crippen molar-refractivity contribution in [2.24, 2.45) is 0 Å². The highest BCUT2D eigenvalue weighted by Crippen LogP contribution is 2.29. The van der Waals surface area contributed by atoms with Gasteiger partial charge in [0.1, 0.15) is 5.69 Å². The number of hydrogen-bond acceptors (Lipinski definition) is 4. The fourth-order valence-electron chi connectivity index (χ4n) is 2.09. The maximum absolute atomic E-state index is 4.56. The van der Waals surface area contributed by atoms with Crippen molar-refractivity contribution in [2.45, 2.75) is 11.8 Å². The van der Waals surface area contributed by atoms with E-state index in [0.29, 0.717) is 0 Å². The minimum atomic E-state index is 0.902. The van der Waals surface area contributed by atoms with Crippen LogP contribution in [-0.2, 0) is 0 Å². The highest BCUT2D eigenvalue weighted by molar-refractivity contribution is 7.99. The normalized spacial score (nSPS) is 10.5. The van der Waals surface area contributed by atoms with Crippen molar-refractivity contribution in [2.75, 3.05) is 5.75 Å². The molecule has 0 spiro atoms. The molecule has 0 saturated heterocycles. The summed E-state index contributed by atoms with van der Waals surface area (Å²) >= 11 is 1.78. The van der Waals surface area contributed by atoms with Gasteiger partial charge in [-0.3, -0.25) is 15.0 Å². The molecule has 0 aliphatic carbocycles. The third-order valence-corrected chi connectivity index (χ3v) is 4.00. The molecule has 21 heavy (non-hydrogen) atoms. The first-order valence-electron chi connectivity index (χ1n) is 6.83. The Kier molecular flexibility index (Phi) is 4.26. The first-order chi connectivity index (χ1) is 10.4. The van der Waals surface area contributed by atoms with Crippen molar-refractivity contribution >= 4 is 11.8 Å². The van der Waals surface area contributed by atoms with Crippen LogP contribution < -0.4 is 0 Å². The Morgan fingerprint density at radius 2 is 1.76 bits per heavy atom. The topological polar surface area (TPSA) is 38.7 Å². The predicted molar refractivity (Wildman–Crippen MR) is 87.1 cm³/mol. The second-order valence-corrected chi connectivity index (χ2v) is 5.76. The molecule has 3 rings (SSSR count). The highest BCUT2D eigenvalue weighted by atomic mass is 32.2. The molecule has 3 aromatic rings. The van der Waals surface area contributed by atoms with Gasteiger partial charge in [0, 0.05) is 40.8 Å². The van der Waals surface area contributed by atoms with Gasteiger partial charge in [-0.1, -0.05) is 19.1 Å². The Hall–Kier alpha value is -2.20. The van der Waals surface area contributed by atoms with Crippen molar-refractivity contribution in [3.8, 4) is 22.5 Å². The number of aromatic nitrogens is 3. The summed E-state index contributed by atoms with van der Waals surface area (Å²) in [7, 11) is 0. The van der Waals surface area contributed by atoms with Gasteiger partial charge in [0.2, 0.25) is 0 Å². The molecular weight excluding hydrogens is 278 g/mol. The van der Waals surface area contributed by atoms with E-state index in [4.69, 9.17) is 0 Å². The maximum Gasteiger partial charge on any atom is 0.102 e. The quantitative estimate of drug-likeness (QED) is 0.672. The van der Waals surface area contributed by atoms with Gasteiger partial charge < -0.3 is 0 Å². The Bertz CT molecular complexity index is 712. The zero-order chi connectivity index (χ0) is 14.5. The van der Waals surface area contributed by atoms with Gasteiger partial charge in [0.05, 0.1) is 5.69 Å². The van der Waals surface area contributed by atoms with Crippen molar-refractivity contribution in [3.63, 3.8) is 0 Å². The molecule has 0 unspecified atom stereocenters. The molecule has 104 valence electrons. The second kappa shape index (κ2) is 6.50. The highest BCUT2D eigenvalue weighted by Gasteiger charge is 2.08. The average molecular weight is 293 g/mol. The average Bonchev–Trinajstić information content (AvgIpc) is 2.57. The van der Waals surface area contributed by atoms with E-state index < -0.39 is 0 Å². The standard InChI is InChI=1S/C17H15N3S/c1-2-21-16-6-4-10-19-17(16)15-8-7-14(12-20-15)13-5-3-9-18-11-13/h3-12H,2H2,1H3. The largest absolute Gasteiger partial charge is 0.264 e. The van der Waals surface area contributed by atoms with Gasteiger partial charge >= 0.3 is 0 Å². The van der Waals surface area contributed by atoms with Gasteiger partial charge in [-0.2, -0.15) is 0 Å². The smallest absolute Gasteiger partial charge is 0.102 e. The second-order valence-electron chi connectivity index (χ2n) is 4.46. The maximum atomic E-state index is 4.56. The molecule has 0 aliphatic rings. The first-order valence-corrected chi connectivity index (χ1v) is 7.81. The van der Waals surface area contributed by atoms with Crippen LogP contribution in [0.25, 0.3) is 22.5 Å². The molecule has 0 saturated carbocycles. The third kappa shape index (κ3) is 3.11. The molecular formula is C17H15N3S. The number of thioether (sulfide) groups is 1. The molecule has 0 aliphatic heterocycles. The van der Waals surface area contributed by atoms with E-state index in [0.717, 1.165) is 28.3 Å². The Balaban J connectivity index is 1.95.